The number of ether oxygens (including phenoxy) is 2. The van der Waals surface area contributed by atoms with Gasteiger partial charge < -0.3 is 9.47 Å². The molecule has 0 saturated carbocycles. The second kappa shape index (κ2) is 11.0. The number of rotatable bonds is 6. The molecule has 0 unspecified atom stereocenters. The highest BCUT2D eigenvalue weighted by molar-refractivity contribution is 9.11. The van der Waals surface area contributed by atoms with E-state index >= 15 is 0 Å². The molecule has 7 nitrogen and oxygen atoms in total. The maximum Gasteiger partial charge on any atom is 0.336 e. The van der Waals surface area contributed by atoms with Gasteiger partial charge >= 0.3 is 6.03 Å². The van der Waals surface area contributed by atoms with Crippen molar-refractivity contribution in [3.63, 3.8) is 0 Å². The number of methoxy groups -OCH3 is 1. The van der Waals surface area contributed by atoms with E-state index in [2.05, 4.69) is 37.2 Å². The summed E-state index contributed by atoms with van der Waals surface area (Å²) in [5, 5.41) is 2.33. The van der Waals surface area contributed by atoms with Crippen molar-refractivity contribution in [2.24, 2.45) is 0 Å². The Balaban J connectivity index is 1.61. The molecule has 3 aromatic rings. The molecule has 0 aromatic heterocycles. The highest BCUT2D eigenvalue weighted by Crippen LogP contribution is 2.35. The van der Waals surface area contributed by atoms with E-state index in [4.69, 9.17) is 32.7 Å². The van der Waals surface area contributed by atoms with Gasteiger partial charge in [-0.1, -0.05) is 73.3 Å². The van der Waals surface area contributed by atoms with Crippen LogP contribution in [0.2, 0.25) is 10.0 Å². The summed E-state index contributed by atoms with van der Waals surface area (Å²) in [6.07, 6.45) is 1.35. The van der Waals surface area contributed by atoms with Crippen LogP contribution in [0.4, 0.5) is 10.5 Å². The van der Waals surface area contributed by atoms with E-state index < -0.39 is 17.8 Å². The molecule has 4 rings (SSSR count). The van der Waals surface area contributed by atoms with Crippen LogP contribution in [-0.2, 0) is 16.2 Å². The van der Waals surface area contributed by atoms with Crippen LogP contribution in [0.1, 0.15) is 11.1 Å². The first-order valence-corrected chi connectivity index (χ1v) is 12.6. The normalized spacial score (nSPS) is 14.8. The van der Waals surface area contributed by atoms with Crippen molar-refractivity contribution in [2.45, 2.75) is 6.61 Å². The Morgan fingerprint density at radius 1 is 1.00 bits per heavy atom. The fourth-order valence-corrected chi connectivity index (χ4v) is 4.94. The topological polar surface area (TPSA) is 84.9 Å². The highest BCUT2D eigenvalue weighted by Gasteiger charge is 2.38. The zero-order valence-electron chi connectivity index (χ0n) is 18.5. The van der Waals surface area contributed by atoms with Crippen molar-refractivity contribution in [1.29, 1.82) is 0 Å². The number of urea groups is 1. The number of halogens is 4. The molecule has 1 saturated heterocycles. The van der Waals surface area contributed by atoms with Gasteiger partial charge in [-0.15, -0.1) is 0 Å². The molecule has 1 aliphatic rings. The van der Waals surface area contributed by atoms with Gasteiger partial charge in [-0.25, -0.2) is 9.69 Å². The molecule has 0 atom stereocenters. The molecule has 0 bridgehead atoms. The van der Waals surface area contributed by atoms with Crippen LogP contribution in [0, 0.1) is 0 Å². The Morgan fingerprint density at radius 2 is 1.78 bits per heavy atom. The second-order valence-electron chi connectivity index (χ2n) is 7.47. The van der Waals surface area contributed by atoms with E-state index in [9.17, 15) is 14.4 Å². The minimum absolute atomic E-state index is 0.0111. The summed E-state index contributed by atoms with van der Waals surface area (Å²) in [5.74, 6) is -0.811. The number of hydrogen-bond acceptors (Lipinski definition) is 5. The Labute approximate surface area is 233 Å². The predicted molar refractivity (Wildman–Crippen MR) is 145 cm³/mol. The zero-order valence-corrected chi connectivity index (χ0v) is 23.2. The summed E-state index contributed by atoms with van der Waals surface area (Å²) in [7, 11) is 1.48. The zero-order chi connectivity index (χ0) is 26.0. The predicted octanol–water partition coefficient (Wildman–Crippen LogP) is 6.77. The van der Waals surface area contributed by atoms with Gasteiger partial charge in [0.15, 0.2) is 11.5 Å². The number of hydrogen-bond donors (Lipinski definition) is 1. The molecule has 184 valence electrons. The summed E-state index contributed by atoms with van der Waals surface area (Å²) in [6, 6.07) is 14.3. The van der Waals surface area contributed by atoms with E-state index in [0.717, 1.165) is 19.4 Å². The Hall–Kier alpha value is -2.85. The minimum Gasteiger partial charge on any atom is -0.493 e. The van der Waals surface area contributed by atoms with Crippen molar-refractivity contribution in [2.75, 3.05) is 12.0 Å². The smallest absolute Gasteiger partial charge is 0.336 e. The summed E-state index contributed by atoms with van der Waals surface area (Å²) >= 11 is 19.2. The molecule has 3 aromatic carbocycles. The van der Waals surface area contributed by atoms with Gasteiger partial charge in [0.1, 0.15) is 12.2 Å². The van der Waals surface area contributed by atoms with Crippen LogP contribution >= 0.6 is 55.1 Å². The van der Waals surface area contributed by atoms with E-state index in [1.165, 1.54) is 25.3 Å². The SMILES string of the molecule is COc1cc(/C=C2\C(=O)NC(=O)N(c3cccc(Cl)c3Cl)C2=O)ccc1OCc1ccc(Br)cc1Br. The number of imide groups is 2. The van der Waals surface area contributed by atoms with Crippen molar-refractivity contribution in [1.82, 2.24) is 5.32 Å². The molecular formula is C25H16Br2Cl2N2O5. The van der Waals surface area contributed by atoms with Crippen LogP contribution < -0.4 is 19.7 Å². The number of amides is 4. The third kappa shape index (κ3) is 5.44. The molecule has 1 fully saturated rings. The number of nitrogens with zero attached hydrogens (tertiary/aromatic N) is 1. The quantitative estimate of drug-likeness (QED) is 0.234. The molecule has 1 heterocycles. The van der Waals surface area contributed by atoms with E-state index in [1.54, 1.807) is 24.3 Å². The molecule has 0 aliphatic carbocycles. The first-order chi connectivity index (χ1) is 17.2. The lowest BCUT2D eigenvalue weighted by molar-refractivity contribution is -0.122. The maximum absolute atomic E-state index is 13.2. The van der Waals surface area contributed by atoms with Crippen LogP contribution in [-0.4, -0.2) is 25.0 Å². The standard InChI is InChI=1S/C25H16Br2Cl2N2O5/c1-35-21-10-13(5-8-20(21)36-12-14-6-7-15(26)11-17(14)27)9-16-23(32)30-25(34)31(24(16)33)19-4-2-3-18(28)22(19)29/h2-11H,12H2,1H3,(H,30,32,34)/b16-9+. The fraction of sp³-hybridized carbons (Fsp3) is 0.0800. The number of carbonyl (C=O) groups excluding carboxylic acids is 3. The first kappa shape index (κ1) is 26.2. The number of anilines is 1. The number of nitrogens with one attached hydrogen (secondary N) is 1. The molecular weight excluding hydrogens is 639 g/mol. The molecule has 4 amide bonds. The molecule has 1 N–H and O–H groups in total. The van der Waals surface area contributed by atoms with Gasteiger partial charge in [0, 0.05) is 14.5 Å². The first-order valence-electron chi connectivity index (χ1n) is 10.3. The van der Waals surface area contributed by atoms with Gasteiger partial charge in [0.05, 0.1) is 22.8 Å². The summed E-state index contributed by atoms with van der Waals surface area (Å²) < 4.78 is 13.2. The number of benzene rings is 3. The fourth-order valence-electron chi connectivity index (χ4n) is 3.40. The Kier molecular flexibility index (Phi) is 8.04. The number of barbiturate groups is 1. The maximum atomic E-state index is 13.2. The Morgan fingerprint density at radius 3 is 2.50 bits per heavy atom. The average molecular weight is 655 g/mol. The average Bonchev–Trinajstić information content (AvgIpc) is 2.84. The summed E-state index contributed by atoms with van der Waals surface area (Å²) in [5.41, 5.74) is 1.21. The van der Waals surface area contributed by atoms with Crippen molar-refractivity contribution < 1.29 is 23.9 Å². The van der Waals surface area contributed by atoms with Gasteiger partial charge in [0.25, 0.3) is 11.8 Å². The second-order valence-corrected chi connectivity index (χ2v) is 10.0. The van der Waals surface area contributed by atoms with Crippen molar-refractivity contribution in [3.8, 4) is 11.5 Å². The van der Waals surface area contributed by atoms with Gasteiger partial charge in [-0.3, -0.25) is 14.9 Å². The number of carbonyl (C=O) groups is 3. The van der Waals surface area contributed by atoms with Crippen molar-refractivity contribution in [3.05, 3.63) is 90.3 Å². The summed E-state index contributed by atoms with van der Waals surface area (Å²) in [6.45, 7) is 0.281. The molecule has 1 aliphatic heterocycles. The van der Waals surface area contributed by atoms with Gasteiger partial charge in [0.2, 0.25) is 0 Å². The van der Waals surface area contributed by atoms with Crippen LogP contribution in [0.25, 0.3) is 6.08 Å². The molecule has 0 radical (unpaired) electrons. The highest BCUT2D eigenvalue weighted by atomic mass is 79.9. The summed E-state index contributed by atoms with van der Waals surface area (Å²) in [4.78, 5) is 38.9. The van der Waals surface area contributed by atoms with E-state index in [1.807, 2.05) is 18.2 Å². The van der Waals surface area contributed by atoms with Crippen molar-refractivity contribution >= 4 is 84.7 Å². The van der Waals surface area contributed by atoms with Gasteiger partial charge in [-0.05, 0) is 48.0 Å². The molecule has 0 spiro atoms. The molecule has 36 heavy (non-hydrogen) atoms. The minimum atomic E-state index is -0.924. The van der Waals surface area contributed by atoms with E-state index in [0.29, 0.717) is 17.1 Å². The van der Waals surface area contributed by atoms with E-state index in [-0.39, 0.29) is 27.9 Å². The largest absolute Gasteiger partial charge is 0.493 e. The van der Waals surface area contributed by atoms with Crippen LogP contribution in [0.3, 0.4) is 0 Å². The monoisotopic (exact) mass is 652 g/mol. The lowest BCUT2D eigenvalue weighted by Crippen LogP contribution is -2.54. The Bertz CT molecular complexity index is 1430. The van der Waals surface area contributed by atoms with Crippen LogP contribution in [0.15, 0.2) is 69.1 Å². The third-order valence-corrected chi connectivity index (χ3v) is 7.21. The molecule has 11 heteroatoms. The third-order valence-electron chi connectivity index (χ3n) is 5.17. The lowest BCUT2D eigenvalue weighted by atomic mass is 10.1. The van der Waals surface area contributed by atoms with Gasteiger partial charge in [-0.2, -0.15) is 0 Å². The van der Waals surface area contributed by atoms with Crippen LogP contribution in [0.5, 0.6) is 11.5 Å². The lowest BCUT2D eigenvalue weighted by Gasteiger charge is -2.27.